The number of thiazole rings is 1. The first-order valence-corrected chi connectivity index (χ1v) is 10.5. The fourth-order valence-corrected chi connectivity index (χ4v) is 4.05. The molecule has 0 radical (unpaired) electrons. The van der Waals surface area contributed by atoms with Crippen molar-refractivity contribution in [3.63, 3.8) is 0 Å². The van der Waals surface area contributed by atoms with E-state index >= 15 is 0 Å². The number of carbonyl (C=O) groups is 1. The highest BCUT2D eigenvalue weighted by Gasteiger charge is 2.23. The molecule has 29 heavy (non-hydrogen) atoms. The van der Waals surface area contributed by atoms with Gasteiger partial charge in [-0.1, -0.05) is 72.3 Å². The molecule has 0 saturated heterocycles. The van der Waals surface area contributed by atoms with Gasteiger partial charge in [0.2, 0.25) is 0 Å². The van der Waals surface area contributed by atoms with Gasteiger partial charge in [0.1, 0.15) is 5.15 Å². The lowest BCUT2D eigenvalue weighted by Gasteiger charge is -2.20. The Morgan fingerprint density at radius 1 is 0.966 bits per heavy atom. The molecule has 4 rings (SSSR count). The average molecular weight is 420 g/mol. The van der Waals surface area contributed by atoms with E-state index in [1.807, 2.05) is 53.9 Å². The molecule has 0 atom stereocenters. The first kappa shape index (κ1) is 19.3. The molecule has 6 heteroatoms. The fraction of sp³-hybridized carbons (Fsp3) is 0.0870. The Labute approximate surface area is 178 Å². The van der Waals surface area contributed by atoms with Crippen LogP contribution in [0.4, 0.5) is 5.13 Å². The third-order valence-corrected chi connectivity index (χ3v) is 5.66. The molecule has 144 valence electrons. The molecule has 0 aliphatic heterocycles. The lowest BCUT2D eigenvalue weighted by atomic mass is 10.1. The van der Waals surface area contributed by atoms with Crippen LogP contribution in [0.5, 0.6) is 0 Å². The van der Waals surface area contributed by atoms with Gasteiger partial charge in [-0.3, -0.25) is 9.69 Å². The van der Waals surface area contributed by atoms with Gasteiger partial charge >= 0.3 is 0 Å². The number of rotatable bonds is 6. The number of pyridine rings is 1. The van der Waals surface area contributed by atoms with Crippen molar-refractivity contribution in [3.8, 4) is 11.3 Å². The van der Waals surface area contributed by atoms with Crippen molar-refractivity contribution in [2.24, 2.45) is 0 Å². The minimum atomic E-state index is -0.201. The monoisotopic (exact) mass is 419 g/mol. The van der Waals surface area contributed by atoms with Crippen LogP contribution >= 0.6 is 22.9 Å². The van der Waals surface area contributed by atoms with Gasteiger partial charge in [-0.25, -0.2) is 9.97 Å². The maximum Gasteiger partial charge on any atom is 0.263 e. The number of amides is 1. The standard InChI is InChI=1S/C23H18ClN3OS/c24-21-19(12-7-14-25-21)22(28)27(15-13-17-8-3-1-4-9-17)23-26-20(16-29-23)18-10-5-2-6-11-18/h1-12,14,16H,13,15H2. The minimum Gasteiger partial charge on any atom is -0.284 e. The Morgan fingerprint density at radius 3 is 2.41 bits per heavy atom. The SMILES string of the molecule is O=C(c1cccnc1Cl)N(CCc1ccccc1)c1nc(-c2ccccc2)cs1. The summed E-state index contributed by atoms with van der Waals surface area (Å²) in [4.78, 5) is 23.8. The van der Waals surface area contributed by atoms with Gasteiger partial charge in [0.05, 0.1) is 11.3 Å². The highest BCUT2D eigenvalue weighted by atomic mass is 35.5. The average Bonchev–Trinajstić information content (AvgIpc) is 3.25. The van der Waals surface area contributed by atoms with E-state index in [0.29, 0.717) is 23.7 Å². The molecule has 0 aliphatic carbocycles. The largest absolute Gasteiger partial charge is 0.284 e. The van der Waals surface area contributed by atoms with Crippen LogP contribution in [-0.4, -0.2) is 22.4 Å². The maximum absolute atomic E-state index is 13.3. The number of hydrogen-bond donors (Lipinski definition) is 0. The maximum atomic E-state index is 13.3. The van der Waals surface area contributed by atoms with Crippen LogP contribution in [0.25, 0.3) is 11.3 Å². The molecular weight excluding hydrogens is 402 g/mol. The van der Waals surface area contributed by atoms with E-state index in [9.17, 15) is 4.79 Å². The van der Waals surface area contributed by atoms with Crippen molar-refractivity contribution in [2.75, 3.05) is 11.4 Å². The van der Waals surface area contributed by atoms with Crippen molar-refractivity contribution in [3.05, 3.63) is 101 Å². The molecule has 2 heterocycles. The van der Waals surface area contributed by atoms with Gasteiger partial charge in [-0.05, 0) is 24.1 Å². The summed E-state index contributed by atoms with van der Waals surface area (Å²) < 4.78 is 0. The van der Waals surface area contributed by atoms with Gasteiger partial charge in [0.25, 0.3) is 5.91 Å². The number of hydrogen-bond acceptors (Lipinski definition) is 4. The van der Waals surface area contributed by atoms with E-state index in [-0.39, 0.29) is 11.1 Å². The first-order valence-electron chi connectivity index (χ1n) is 9.19. The van der Waals surface area contributed by atoms with E-state index in [4.69, 9.17) is 16.6 Å². The second-order valence-corrected chi connectivity index (χ2v) is 7.61. The van der Waals surface area contributed by atoms with E-state index in [1.54, 1.807) is 23.2 Å². The Balaban J connectivity index is 1.65. The third kappa shape index (κ3) is 4.53. The Bertz CT molecular complexity index is 1100. The number of benzene rings is 2. The summed E-state index contributed by atoms with van der Waals surface area (Å²) in [5, 5.41) is 2.81. The summed E-state index contributed by atoms with van der Waals surface area (Å²) in [6.45, 7) is 0.496. The smallest absolute Gasteiger partial charge is 0.263 e. The van der Waals surface area contributed by atoms with Crippen molar-refractivity contribution in [1.82, 2.24) is 9.97 Å². The van der Waals surface area contributed by atoms with Crippen molar-refractivity contribution < 1.29 is 4.79 Å². The van der Waals surface area contributed by atoms with Gasteiger partial charge in [0.15, 0.2) is 5.13 Å². The Kier molecular flexibility index (Phi) is 5.98. The molecule has 0 saturated carbocycles. The highest BCUT2D eigenvalue weighted by molar-refractivity contribution is 7.14. The van der Waals surface area contributed by atoms with Crippen LogP contribution in [0.1, 0.15) is 15.9 Å². The summed E-state index contributed by atoms with van der Waals surface area (Å²) in [5.41, 5.74) is 3.39. The van der Waals surface area contributed by atoms with E-state index in [2.05, 4.69) is 17.1 Å². The quantitative estimate of drug-likeness (QED) is 0.374. The molecular formula is C23H18ClN3OS. The third-order valence-electron chi connectivity index (χ3n) is 4.49. The van der Waals surface area contributed by atoms with E-state index in [0.717, 1.165) is 16.8 Å². The minimum absolute atomic E-state index is 0.196. The van der Waals surface area contributed by atoms with Crippen molar-refractivity contribution >= 4 is 34.0 Å². The topological polar surface area (TPSA) is 46.1 Å². The molecule has 0 unspecified atom stereocenters. The van der Waals surface area contributed by atoms with E-state index < -0.39 is 0 Å². The zero-order chi connectivity index (χ0) is 20.1. The van der Waals surface area contributed by atoms with Crippen molar-refractivity contribution in [2.45, 2.75) is 6.42 Å². The van der Waals surface area contributed by atoms with Crippen LogP contribution in [0, 0.1) is 0 Å². The van der Waals surface area contributed by atoms with Gasteiger partial charge in [-0.15, -0.1) is 11.3 Å². The zero-order valence-electron chi connectivity index (χ0n) is 15.5. The summed E-state index contributed by atoms with van der Waals surface area (Å²) in [6, 6.07) is 23.4. The van der Waals surface area contributed by atoms with Gasteiger partial charge < -0.3 is 0 Å². The molecule has 0 N–H and O–H groups in total. The summed E-state index contributed by atoms with van der Waals surface area (Å²) in [6.07, 6.45) is 2.29. The zero-order valence-corrected chi connectivity index (χ0v) is 17.1. The number of anilines is 1. The normalized spacial score (nSPS) is 10.7. The van der Waals surface area contributed by atoms with Crippen LogP contribution in [0.2, 0.25) is 5.15 Å². The Hall–Kier alpha value is -3.02. The second-order valence-electron chi connectivity index (χ2n) is 6.42. The number of carbonyl (C=O) groups excluding carboxylic acids is 1. The molecule has 0 spiro atoms. The molecule has 4 nitrogen and oxygen atoms in total. The lowest BCUT2D eigenvalue weighted by molar-refractivity contribution is 0.0987. The second kappa shape index (κ2) is 8.99. The lowest BCUT2D eigenvalue weighted by Crippen LogP contribution is -2.33. The molecule has 2 aromatic carbocycles. The van der Waals surface area contributed by atoms with Crippen LogP contribution in [0.3, 0.4) is 0 Å². The van der Waals surface area contributed by atoms with Gasteiger partial charge in [0, 0.05) is 23.7 Å². The number of halogens is 1. The van der Waals surface area contributed by atoms with Crippen LogP contribution < -0.4 is 4.90 Å². The summed E-state index contributed by atoms with van der Waals surface area (Å²) >= 11 is 7.64. The number of nitrogens with zero attached hydrogens (tertiary/aromatic N) is 3. The first-order chi connectivity index (χ1) is 14.2. The van der Waals surface area contributed by atoms with E-state index in [1.165, 1.54) is 11.3 Å². The fourth-order valence-electron chi connectivity index (χ4n) is 2.99. The highest BCUT2D eigenvalue weighted by Crippen LogP contribution is 2.29. The molecule has 0 bridgehead atoms. The molecule has 2 aromatic heterocycles. The molecule has 0 fully saturated rings. The Morgan fingerprint density at radius 2 is 1.69 bits per heavy atom. The summed E-state index contributed by atoms with van der Waals surface area (Å²) in [7, 11) is 0. The number of aromatic nitrogens is 2. The van der Waals surface area contributed by atoms with Gasteiger partial charge in [-0.2, -0.15) is 0 Å². The molecule has 1 amide bonds. The van der Waals surface area contributed by atoms with Crippen LogP contribution in [-0.2, 0) is 6.42 Å². The van der Waals surface area contributed by atoms with Crippen molar-refractivity contribution in [1.29, 1.82) is 0 Å². The molecule has 0 aliphatic rings. The molecule has 4 aromatic rings. The summed E-state index contributed by atoms with van der Waals surface area (Å²) in [5.74, 6) is -0.201. The van der Waals surface area contributed by atoms with Crippen LogP contribution in [0.15, 0.2) is 84.4 Å². The predicted octanol–water partition coefficient (Wildman–Crippen LogP) is 5.75. The predicted molar refractivity (Wildman–Crippen MR) is 119 cm³/mol.